The van der Waals surface area contributed by atoms with Crippen LogP contribution < -0.4 is 5.11 Å². The molecule has 1 fully saturated rings. The molecule has 1 aliphatic rings. The molecule has 2 unspecified atom stereocenters. The van der Waals surface area contributed by atoms with Crippen molar-refractivity contribution in [3.8, 4) is 0 Å². The van der Waals surface area contributed by atoms with E-state index in [0.29, 0.717) is 12.8 Å². The van der Waals surface area contributed by atoms with Crippen molar-refractivity contribution < 1.29 is 18.3 Å². The number of carboxylic acids is 1. The summed E-state index contributed by atoms with van der Waals surface area (Å²) in [5.74, 6) is -2.48. The van der Waals surface area contributed by atoms with E-state index in [1.165, 1.54) is 0 Å². The van der Waals surface area contributed by atoms with Crippen LogP contribution in [0.2, 0.25) is 0 Å². The molecule has 0 bridgehead atoms. The topological polar surface area (TPSA) is 74.3 Å². The number of carbonyl (C=O) groups excluding carboxylic acids is 1. The zero-order chi connectivity index (χ0) is 10.1. The zero-order valence-corrected chi connectivity index (χ0v) is 8.47. The molecule has 0 amide bonds. The summed E-state index contributed by atoms with van der Waals surface area (Å²) in [6.07, 6.45) is 1.84. The lowest BCUT2D eigenvalue weighted by Crippen LogP contribution is -2.37. The van der Waals surface area contributed by atoms with Gasteiger partial charge in [-0.25, -0.2) is 8.42 Å². The molecule has 0 aromatic carbocycles. The molecule has 0 aliphatic heterocycles. The van der Waals surface area contributed by atoms with Gasteiger partial charge in [0.25, 0.3) is 0 Å². The van der Waals surface area contributed by atoms with Crippen molar-refractivity contribution in [2.75, 3.05) is 5.75 Å². The number of rotatable bonds is 3. The van der Waals surface area contributed by atoms with Gasteiger partial charge in [0.1, 0.15) is 0 Å². The van der Waals surface area contributed by atoms with Gasteiger partial charge in [-0.3, -0.25) is 0 Å². The minimum Gasteiger partial charge on any atom is -0.549 e. The molecule has 1 saturated carbocycles. The molecule has 1 rings (SSSR count). The summed E-state index contributed by atoms with van der Waals surface area (Å²) in [5.41, 5.74) is 0. The van der Waals surface area contributed by atoms with Crippen LogP contribution in [0.5, 0.6) is 0 Å². The van der Waals surface area contributed by atoms with Gasteiger partial charge in [0.2, 0.25) is 0 Å². The third-order valence-corrected chi connectivity index (χ3v) is 4.95. The van der Waals surface area contributed by atoms with E-state index in [1.807, 2.05) is 0 Å². The zero-order valence-electron chi connectivity index (χ0n) is 6.90. The maximum absolute atomic E-state index is 11.3. The van der Waals surface area contributed by atoms with E-state index in [1.54, 1.807) is 0 Å². The van der Waals surface area contributed by atoms with Gasteiger partial charge in [-0.05, 0) is 12.8 Å². The van der Waals surface area contributed by atoms with Crippen molar-refractivity contribution in [3.63, 3.8) is 0 Å². The average molecular weight is 226 g/mol. The van der Waals surface area contributed by atoms with Crippen molar-refractivity contribution >= 4 is 27.4 Å². The Hall–Kier alpha value is -0.290. The monoisotopic (exact) mass is 225 g/mol. The third-order valence-electron chi connectivity index (χ3n) is 2.15. The minimum absolute atomic E-state index is 0.440. The Morgan fingerprint density at radius 2 is 2.08 bits per heavy atom. The average Bonchev–Trinajstić information content (AvgIpc) is 2.32. The molecule has 0 radical (unpaired) electrons. The Balaban J connectivity index is 2.74. The normalized spacial score (nSPS) is 29.0. The van der Waals surface area contributed by atoms with Crippen molar-refractivity contribution in [2.24, 2.45) is 0 Å². The lowest BCUT2D eigenvalue weighted by Gasteiger charge is -2.14. The lowest BCUT2D eigenvalue weighted by molar-refractivity contribution is -0.301. The molecular formula is C7H10ClO4S-. The number of alkyl halides is 1. The highest BCUT2D eigenvalue weighted by atomic mass is 35.5. The first-order valence-electron chi connectivity index (χ1n) is 3.99. The molecule has 13 heavy (non-hydrogen) atoms. The van der Waals surface area contributed by atoms with E-state index >= 15 is 0 Å². The number of carboxylic acid groups (broad SMARTS) is 1. The summed E-state index contributed by atoms with van der Waals surface area (Å²) in [5, 5.41) is 9.00. The summed E-state index contributed by atoms with van der Waals surface area (Å²) in [6.45, 7) is 0. The molecule has 2 atom stereocenters. The fraction of sp³-hybridized carbons (Fsp3) is 0.857. The van der Waals surface area contributed by atoms with Gasteiger partial charge in [-0.2, -0.15) is 0 Å². The molecule has 6 heteroatoms. The Kier molecular flexibility index (Phi) is 3.18. The van der Waals surface area contributed by atoms with E-state index < -0.39 is 32.2 Å². The second-order valence-electron chi connectivity index (χ2n) is 3.16. The molecular weight excluding hydrogens is 216 g/mol. The van der Waals surface area contributed by atoms with Gasteiger partial charge in [-0.1, -0.05) is 6.42 Å². The predicted molar refractivity (Wildman–Crippen MR) is 46.1 cm³/mol. The number of carbonyl (C=O) groups is 1. The van der Waals surface area contributed by atoms with E-state index in [2.05, 4.69) is 0 Å². The molecule has 1 aliphatic carbocycles. The smallest absolute Gasteiger partial charge is 0.159 e. The van der Waals surface area contributed by atoms with Gasteiger partial charge in [0.05, 0.1) is 22.3 Å². The van der Waals surface area contributed by atoms with E-state index in [4.69, 9.17) is 11.6 Å². The molecule has 0 N–H and O–H groups in total. The van der Waals surface area contributed by atoms with Crippen molar-refractivity contribution in [1.82, 2.24) is 0 Å². The number of hydrogen-bond donors (Lipinski definition) is 0. The van der Waals surface area contributed by atoms with Crippen LogP contribution in [0.3, 0.4) is 0 Å². The SMILES string of the molecule is O=C([O-])CS(=O)(=O)C1CCCC1Cl. The van der Waals surface area contributed by atoms with Gasteiger partial charge in [-0.15, -0.1) is 11.6 Å². The first kappa shape index (κ1) is 10.8. The summed E-state index contributed by atoms with van der Waals surface area (Å²) in [4.78, 5) is 10.1. The highest BCUT2D eigenvalue weighted by Crippen LogP contribution is 2.29. The van der Waals surface area contributed by atoms with Crippen molar-refractivity contribution in [3.05, 3.63) is 0 Å². The van der Waals surface area contributed by atoms with Crippen LogP contribution in [-0.2, 0) is 14.6 Å². The third kappa shape index (κ3) is 2.57. The minimum atomic E-state index is -3.60. The quantitative estimate of drug-likeness (QED) is 0.596. The fourth-order valence-corrected chi connectivity index (χ4v) is 3.96. The van der Waals surface area contributed by atoms with Crippen LogP contribution in [0.25, 0.3) is 0 Å². The lowest BCUT2D eigenvalue weighted by atomic mass is 10.4. The Morgan fingerprint density at radius 1 is 1.46 bits per heavy atom. The van der Waals surface area contributed by atoms with E-state index in [9.17, 15) is 18.3 Å². The summed E-state index contributed by atoms with van der Waals surface area (Å²) >= 11 is 5.75. The van der Waals surface area contributed by atoms with Gasteiger partial charge in [0.15, 0.2) is 9.84 Å². The van der Waals surface area contributed by atoms with Crippen LogP contribution >= 0.6 is 11.6 Å². The maximum atomic E-state index is 11.3. The first-order chi connectivity index (χ1) is 5.93. The highest BCUT2D eigenvalue weighted by Gasteiger charge is 2.35. The molecule has 0 aromatic rings. The van der Waals surface area contributed by atoms with Gasteiger partial charge in [0, 0.05) is 0 Å². The van der Waals surface area contributed by atoms with Crippen molar-refractivity contribution in [2.45, 2.75) is 29.9 Å². The maximum Gasteiger partial charge on any atom is 0.159 e. The summed E-state index contributed by atoms with van der Waals surface area (Å²) < 4.78 is 22.7. The number of sulfone groups is 1. The molecule has 0 spiro atoms. The first-order valence-corrected chi connectivity index (χ1v) is 6.14. The van der Waals surface area contributed by atoms with Crippen LogP contribution in [0.15, 0.2) is 0 Å². The van der Waals surface area contributed by atoms with Gasteiger partial charge >= 0.3 is 0 Å². The Morgan fingerprint density at radius 3 is 2.46 bits per heavy atom. The number of hydrogen-bond acceptors (Lipinski definition) is 4. The number of aliphatic carboxylic acids is 1. The Labute approximate surface area is 81.8 Å². The molecule has 4 nitrogen and oxygen atoms in total. The second-order valence-corrected chi connectivity index (χ2v) is 5.95. The van der Waals surface area contributed by atoms with E-state index in [0.717, 1.165) is 6.42 Å². The van der Waals surface area contributed by atoms with Crippen LogP contribution in [0.4, 0.5) is 0 Å². The molecule has 0 heterocycles. The van der Waals surface area contributed by atoms with Crippen LogP contribution in [0.1, 0.15) is 19.3 Å². The summed E-state index contributed by atoms with van der Waals surface area (Å²) in [7, 11) is -3.60. The predicted octanol–water partition coefficient (Wildman–Crippen LogP) is -0.689. The fourth-order valence-electron chi connectivity index (χ4n) is 1.56. The van der Waals surface area contributed by atoms with Gasteiger partial charge < -0.3 is 9.90 Å². The molecule has 0 saturated heterocycles. The molecule has 76 valence electrons. The van der Waals surface area contributed by atoms with Crippen LogP contribution in [0, 0.1) is 0 Å². The largest absolute Gasteiger partial charge is 0.549 e. The number of halogens is 1. The van der Waals surface area contributed by atoms with Crippen molar-refractivity contribution in [1.29, 1.82) is 0 Å². The standard InChI is InChI=1S/C7H11ClO4S/c8-5-2-1-3-6(5)13(11,12)4-7(9)10/h5-6H,1-4H2,(H,9,10)/p-1. The highest BCUT2D eigenvalue weighted by molar-refractivity contribution is 7.92. The van der Waals surface area contributed by atoms with E-state index in [-0.39, 0.29) is 0 Å². The molecule has 0 aromatic heterocycles. The van der Waals surface area contributed by atoms with Crippen LogP contribution in [-0.4, -0.2) is 30.8 Å². The Bertz CT molecular complexity index is 298. The summed E-state index contributed by atoms with van der Waals surface area (Å²) in [6, 6.07) is 0. The second kappa shape index (κ2) is 3.84.